The van der Waals surface area contributed by atoms with Gasteiger partial charge in [0.2, 0.25) is 10.0 Å². The maximum Gasteiger partial charge on any atom is 0.240 e. The second-order valence-electron chi connectivity index (χ2n) is 4.35. The fraction of sp³-hybridized carbons (Fsp3) is 0.455. The van der Waals surface area contributed by atoms with E-state index in [1.807, 2.05) is 0 Å². The third kappa shape index (κ3) is 3.10. The van der Waals surface area contributed by atoms with Crippen LogP contribution < -0.4 is 10.5 Å². The van der Waals surface area contributed by atoms with Crippen molar-refractivity contribution in [2.75, 3.05) is 12.3 Å². The predicted octanol–water partition coefficient (Wildman–Crippen LogP) is 1.05. The van der Waals surface area contributed by atoms with Crippen molar-refractivity contribution in [1.29, 1.82) is 0 Å². The highest BCUT2D eigenvalue weighted by atomic mass is 32.2. The topological polar surface area (TPSA) is 92.4 Å². The van der Waals surface area contributed by atoms with E-state index in [-0.39, 0.29) is 16.3 Å². The first-order chi connectivity index (χ1) is 7.99. The number of sulfonamides is 1. The fourth-order valence-electron chi connectivity index (χ4n) is 1.59. The zero-order valence-corrected chi connectivity index (χ0v) is 10.2. The summed E-state index contributed by atoms with van der Waals surface area (Å²) in [5.41, 5.74) is 5.53. The van der Waals surface area contributed by atoms with Crippen LogP contribution in [0.1, 0.15) is 19.3 Å². The van der Waals surface area contributed by atoms with Gasteiger partial charge in [0.1, 0.15) is 5.75 Å². The molecular weight excluding hydrogens is 240 g/mol. The van der Waals surface area contributed by atoms with Gasteiger partial charge < -0.3 is 10.8 Å². The molecule has 1 saturated carbocycles. The van der Waals surface area contributed by atoms with Crippen LogP contribution >= 0.6 is 0 Å². The summed E-state index contributed by atoms with van der Waals surface area (Å²) >= 11 is 0. The van der Waals surface area contributed by atoms with Crippen molar-refractivity contribution in [1.82, 2.24) is 4.72 Å². The fourth-order valence-corrected chi connectivity index (χ4v) is 2.67. The third-order valence-electron chi connectivity index (χ3n) is 2.85. The number of nitrogens with one attached hydrogen (secondary N) is 1. The van der Waals surface area contributed by atoms with Crippen LogP contribution in [0.2, 0.25) is 0 Å². The van der Waals surface area contributed by atoms with Gasteiger partial charge in [-0.25, -0.2) is 13.1 Å². The summed E-state index contributed by atoms with van der Waals surface area (Å²) in [6, 6.07) is 3.88. The molecule has 2 rings (SSSR count). The van der Waals surface area contributed by atoms with Gasteiger partial charge in [0.25, 0.3) is 0 Å². The van der Waals surface area contributed by atoms with E-state index >= 15 is 0 Å². The van der Waals surface area contributed by atoms with Crippen molar-refractivity contribution >= 4 is 15.7 Å². The SMILES string of the molecule is Nc1cc(S(=O)(=O)NCCC2CC2)ccc1O. The monoisotopic (exact) mass is 256 g/mol. The Morgan fingerprint density at radius 1 is 1.41 bits per heavy atom. The highest BCUT2D eigenvalue weighted by molar-refractivity contribution is 7.89. The minimum Gasteiger partial charge on any atom is -0.506 e. The summed E-state index contributed by atoms with van der Waals surface area (Å²) in [5, 5.41) is 9.23. The molecule has 0 unspecified atom stereocenters. The Hall–Kier alpha value is -1.27. The standard InChI is InChI=1S/C11H16N2O3S/c12-10-7-9(3-4-11(10)14)17(15,16)13-6-5-8-1-2-8/h3-4,7-8,13-14H,1-2,5-6,12H2. The van der Waals surface area contributed by atoms with Crippen molar-refractivity contribution in [3.05, 3.63) is 18.2 Å². The molecule has 5 nitrogen and oxygen atoms in total. The smallest absolute Gasteiger partial charge is 0.240 e. The predicted molar refractivity (Wildman–Crippen MR) is 65.0 cm³/mol. The van der Waals surface area contributed by atoms with E-state index < -0.39 is 10.0 Å². The second kappa shape index (κ2) is 4.54. The summed E-state index contributed by atoms with van der Waals surface area (Å²) < 4.78 is 26.2. The van der Waals surface area contributed by atoms with E-state index in [0.717, 1.165) is 6.42 Å². The van der Waals surface area contributed by atoms with Crippen LogP contribution in [0.4, 0.5) is 5.69 Å². The summed E-state index contributed by atoms with van der Waals surface area (Å²) in [6.07, 6.45) is 3.29. The average molecular weight is 256 g/mol. The molecule has 0 bridgehead atoms. The molecule has 1 aliphatic rings. The molecule has 1 aromatic carbocycles. The van der Waals surface area contributed by atoms with Crippen molar-refractivity contribution < 1.29 is 13.5 Å². The van der Waals surface area contributed by atoms with Gasteiger partial charge in [-0.05, 0) is 30.5 Å². The maximum absolute atomic E-state index is 11.8. The first-order valence-corrected chi connectivity index (χ1v) is 7.05. The molecule has 4 N–H and O–H groups in total. The molecule has 1 aliphatic carbocycles. The second-order valence-corrected chi connectivity index (χ2v) is 6.12. The van der Waals surface area contributed by atoms with Crippen LogP contribution in [0.15, 0.2) is 23.1 Å². The Morgan fingerprint density at radius 3 is 2.71 bits per heavy atom. The lowest BCUT2D eigenvalue weighted by atomic mass is 10.3. The third-order valence-corrected chi connectivity index (χ3v) is 4.31. The first kappa shape index (κ1) is 12.2. The largest absolute Gasteiger partial charge is 0.506 e. The summed E-state index contributed by atoms with van der Waals surface area (Å²) in [5.74, 6) is 0.574. The number of aromatic hydroxyl groups is 1. The molecule has 94 valence electrons. The lowest BCUT2D eigenvalue weighted by Crippen LogP contribution is -2.25. The number of anilines is 1. The van der Waals surface area contributed by atoms with E-state index in [9.17, 15) is 13.5 Å². The van der Waals surface area contributed by atoms with E-state index in [4.69, 9.17) is 5.73 Å². The summed E-state index contributed by atoms with van der Waals surface area (Å²) in [6.45, 7) is 0.452. The highest BCUT2D eigenvalue weighted by Gasteiger charge is 2.22. The molecule has 1 aromatic rings. The Balaban J connectivity index is 2.04. The molecular formula is C11H16N2O3S. The van der Waals surface area contributed by atoms with Crippen molar-refractivity contribution in [3.8, 4) is 5.75 Å². The van der Waals surface area contributed by atoms with E-state index in [1.54, 1.807) is 0 Å². The van der Waals surface area contributed by atoms with Crippen LogP contribution in [0.5, 0.6) is 5.75 Å². The first-order valence-electron chi connectivity index (χ1n) is 5.57. The van der Waals surface area contributed by atoms with Gasteiger partial charge in [0, 0.05) is 6.54 Å². The molecule has 0 saturated heterocycles. The van der Waals surface area contributed by atoms with Crippen molar-refractivity contribution in [2.45, 2.75) is 24.2 Å². The lowest BCUT2D eigenvalue weighted by Gasteiger charge is -2.07. The normalized spacial score (nSPS) is 16.0. The zero-order valence-electron chi connectivity index (χ0n) is 9.39. The molecule has 0 spiro atoms. The van der Waals surface area contributed by atoms with Gasteiger partial charge in [-0.15, -0.1) is 0 Å². The Bertz CT molecular complexity index is 509. The number of benzene rings is 1. The minimum atomic E-state index is -3.51. The summed E-state index contributed by atoms with van der Waals surface area (Å²) in [7, 11) is -3.51. The van der Waals surface area contributed by atoms with E-state index in [1.165, 1.54) is 31.0 Å². The van der Waals surface area contributed by atoms with Crippen molar-refractivity contribution in [2.24, 2.45) is 5.92 Å². The Morgan fingerprint density at radius 2 is 2.12 bits per heavy atom. The molecule has 0 amide bonds. The zero-order chi connectivity index (χ0) is 12.5. The van der Waals surface area contributed by atoms with Gasteiger partial charge >= 0.3 is 0 Å². The molecule has 0 aromatic heterocycles. The minimum absolute atomic E-state index is 0.0649. The number of hydrogen-bond donors (Lipinski definition) is 3. The number of phenols is 1. The number of phenolic OH excluding ortho intramolecular Hbond substituents is 1. The number of hydrogen-bond acceptors (Lipinski definition) is 4. The van der Waals surface area contributed by atoms with Gasteiger partial charge in [-0.2, -0.15) is 0 Å². The molecule has 6 heteroatoms. The number of nitrogens with two attached hydrogens (primary N) is 1. The van der Waals surface area contributed by atoms with E-state index in [0.29, 0.717) is 12.5 Å². The van der Waals surface area contributed by atoms with Gasteiger partial charge in [0.15, 0.2) is 0 Å². The van der Waals surface area contributed by atoms with Crippen LogP contribution in [-0.4, -0.2) is 20.1 Å². The van der Waals surface area contributed by atoms with Crippen LogP contribution in [0.25, 0.3) is 0 Å². The van der Waals surface area contributed by atoms with Crippen LogP contribution in [-0.2, 0) is 10.0 Å². The molecule has 0 radical (unpaired) electrons. The number of rotatable bonds is 5. The number of nitrogen functional groups attached to an aromatic ring is 1. The highest BCUT2D eigenvalue weighted by Crippen LogP contribution is 2.32. The maximum atomic E-state index is 11.8. The summed E-state index contributed by atoms with van der Waals surface area (Å²) in [4.78, 5) is 0.0867. The Labute approximate surface area is 101 Å². The molecule has 0 atom stereocenters. The quantitative estimate of drug-likeness (QED) is 0.542. The average Bonchev–Trinajstić information content (AvgIpc) is 3.05. The van der Waals surface area contributed by atoms with Crippen molar-refractivity contribution in [3.63, 3.8) is 0 Å². The molecule has 0 heterocycles. The van der Waals surface area contributed by atoms with Crippen LogP contribution in [0, 0.1) is 5.92 Å². The van der Waals surface area contributed by atoms with Gasteiger partial charge in [0.05, 0.1) is 10.6 Å². The van der Waals surface area contributed by atoms with Crippen LogP contribution in [0.3, 0.4) is 0 Å². The molecule has 0 aliphatic heterocycles. The van der Waals surface area contributed by atoms with Gasteiger partial charge in [-0.3, -0.25) is 0 Å². The Kier molecular flexibility index (Phi) is 3.26. The van der Waals surface area contributed by atoms with E-state index in [2.05, 4.69) is 4.72 Å². The van der Waals surface area contributed by atoms with Gasteiger partial charge in [-0.1, -0.05) is 12.8 Å². The molecule has 17 heavy (non-hydrogen) atoms. The lowest BCUT2D eigenvalue weighted by molar-refractivity contribution is 0.477. The molecule has 1 fully saturated rings.